The maximum Gasteiger partial charge on any atom is 0.258 e. The Hall–Kier alpha value is -3.27. The van der Waals surface area contributed by atoms with E-state index in [2.05, 4.69) is 50.4 Å². The minimum Gasteiger partial charge on any atom is -0.491 e. The fourth-order valence-electron chi connectivity index (χ4n) is 4.40. The van der Waals surface area contributed by atoms with E-state index in [0.717, 1.165) is 41.8 Å². The Kier molecular flexibility index (Phi) is 6.50. The molecule has 4 rings (SSSR count). The Morgan fingerprint density at radius 3 is 2.31 bits per heavy atom. The van der Waals surface area contributed by atoms with E-state index in [0.29, 0.717) is 6.54 Å². The van der Waals surface area contributed by atoms with Crippen molar-refractivity contribution in [2.45, 2.75) is 51.8 Å². The number of benzene rings is 3. The molecule has 2 unspecified atom stereocenters. The predicted octanol–water partition coefficient (Wildman–Crippen LogP) is 6.24. The minimum absolute atomic E-state index is 0.0667. The average molecular weight is 429 g/mol. The number of hydrogen-bond acceptors (Lipinski definition) is 3. The summed E-state index contributed by atoms with van der Waals surface area (Å²) in [4.78, 5) is 15.7. The molecule has 166 valence electrons. The van der Waals surface area contributed by atoms with Crippen LogP contribution in [-0.4, -0.2) is 23.5 Å². The van der Waals surface area contributed by atoms with Gasteiger partial charge in [-0.3, -0.25) is 4.79 Å². The number of rotatable bonds is 8. The quantitative estimate of drug-likeness (QED) is 0.462. The molecular weight excluding hydrogens is 396 g/mol. The molecule has 0 aliphatic carbocycles. The fourth-order valence-corrected chi connectivity index (χ4v) is 4.40. The molecule has 1 heterocycles. The second kappa shape index (κ2) is 9.47. The van der Waals surface area contributed by atoms with Crippen molar-refractivity contribution in [3.05, 3.63) is 95.6 Å². The standard InChI is InChI=1S/C28H32N2O2/c1-4-21(3)32-24-17-15-23(16-18-24)28(5-2)29-26-14-10-9-13-25(26)27(31)30(28)20-19-22-11-7-6-8-12-22/h6-18,21,29H,4-5,19-20H2,1-3H3. The zero-order chi connectivity index (χ0) is 22.6. The molecular formula is C28H32N2O2. The average Bonchev–Trinajstić information content (AvgIpc) is 2.84. The van der Waals surface area contributed by atoms with Crippen molar-refractivity contribution in [3.63, 3.8) is 0 Å². The highest BCUT2D eigenvalue weighted by atomic mass is 16.5. The van der Waals surface area contributed by atoms with Crippen LogP contribution in [0.25, 0.3) is 0 Å². The molecule has 0 aromatic heterocycles. The Morgan fingerprint density at radius 2 is 1.62 bits per heavy atom. The monoisotopic (exact) mass is 428 g/mol. The molecule has 3 aromatic rings. The number of amides is 1. The first kappa shape index (κ1) is 21.9. The fraction of sp³-hybridized carbons (Fsp3) is 0.321. The third kappa shape index (κ3) is 4.22. The normalized spacial score (nSPS) is 18.6. The Bertz CT molecular complexity index is 1050. The van der Waals surface area contributed by atoms with Crippen molar-refractivity contribution in [3.8, 4) is 5.75 Å². The van der Waals surface area contributed by atoms with E-state index in [1.807, 2.05) is 59.5 Å². The van der Waals surface area contributed by atoms with Gasteiger partial charge in [-0.1, -0.05) is 68.4 Å². The molecule has 0 radical (unpaired) electrons. The van der Waals surface area contributed by atoms with Gasteiger partial charge in [0.05, 0.1) is 11.7 Å². The van der Waals surface area contributed by atoms with Gasteiger partial charge >= 0.3 is 0 Å². The number of carbonyl (C=O) groups is 1. The van der Waals surface area contributed by atoms with Gasteiger partial charge in [-0.25, -0.2) is 0 Å². The van der Waals surface area contributed by atoms with E-state index < -0.39 is 5.66 Å². The molecule has 1 N–H and O–H groups in total. The number of anilines is 1. The number of ether oxygens (including phenoxy) is 1. The lowest BCUT2D eigenvalue weighted by Crippen LogP contribution is -2.57. The molecule has 4 nitrogen and oxygen atoms in total. The minimum atomic E-state index is -0.616. The second-order valence-corrected chi connectivity index (χ2v) is 8.44. The SMILES string of the molecule is CCC(C)Oc1ccc(C2(CC)Nc3ccccc3C(=O)N2CCc2ccccc2)cc1. The highest BCUT2D eigenvalue weighted by Crippen LogP contribution is 2.40. The van der Waals surface area contributed by atoms with Crippen LogP contribution in [0.15, 0.2) is 78.9 Å². The van der Waals surface area contributed by atoms with Crippen LogP contribution in [-0.2, 0) is 12.1 Å². The maximum absolute atomic E-state index is 13.7. The van der Waals surface area contributed by atoms with E-state index in [9.17, 15) is 4.79 Å². The molecule has 2 atom stereocenters. The van der Waals surface area contributed by atoms with E-state index in [1.54, 1.807) is 0 Å². The van der Waals surface area contributed by atoms with Gasteiger partial charge < -0.3 is 15.0 Å². The Balaban J connectivity index is 1.71. The van der Waals surface area contributed by atoms with Gasteiger partial charge in [-0.2, -0.15) is 0 Å². The number of para-hydroxylation sites is 1. The van der Waals surface area contributed by atoms with Gasteiger partial charge in [-0.05, 0) is 61.6 Å². The molecule has 1 aliphatic rings. The van der Waals surface area contributed by atoms with Crippen LogP contribution in [0.3, 0.4) is 0 Å². The van der Waals surface area contributed by atoms with Crippen LogP contribution in [0.2, 0.25) is 0 Å². The van der Waals surface area contributed by atoms with Crippen LogP contribution in [0, 0.1) is 0 Å². The number of hydrogen-bond donors (Lipinski definition) is 1. The van der Waals surface area contributed by atoms with Crippen LogP contribution in [0.1, 0.15) is 55.1 Å². The number of nitrogens with zero attached hydrogens (tertiary/aromatic N) is 1. The van der Waals surface area contributed by atoms with E-state index in [1.165, 1.54) is 5.56 Å². The third-order valence-corrected chi connectivity index (χ3v) is 6.43. The summed E-state index contributed by atoms with van der Waals surface area (Å²) < 4.78 is 5.98. The van der Waals surface area contributed by atoms with E-state index in [4.69, 9.17) is 4.74 Å². The van der Waals surface area contributed by atoms with Gasteiger partial charge in [0, 0.05) is 12.2 Å². The summed E-state index contributed by atoms with van der Waals surface area (Å²) in [5.41, 5.74) is 3.28. The lowest BCUT2D eigenvalue weighted by molar-refractivity contribution is 0.0487. The van der Waals surface area contributed by atoms with Crippen molar-refractivity contribution in [1.82, 2.24) is 4.90 Å². The summed E-state index contributed by atoms with van der Waals surface area (Å²) >= 11 is 0. The highest BCUT2D eigenvalue weighted by Gasteiger charge is 2.44. The largest absolute Gasteiger partial charge is 0.491 e. The summed E-state index contributed by atoms with van der Waals surface area (Å²) in [6.45, 7) is 6.95. The van der Waals surface area contributed by atoms with Gasteiger partial charge in [0.15, 0.2) is 0 Å². The topological polar surface area (TPSA) is 41.6 Å². The van der Waals surface area contributed by atoms with Gasteiger partial charge in [0.1, 0.15) is 11.4 Å². The van der Waals surface area contributed by atoms with Crippen molar-refractivity contribution in [2.24, 2.45) is 0 Å². The first-order valence-corrected chi connectivity index (χ1v) is 11.6. The molecule has 32 heavy (non-hydrogen) atoms. The van der Waals surface area contributed by atoms with Crippen LogP contribution >= 0.6 is 0 Å². The second-order valence-electron chi connectivity index (χ2n) is 8.44. The molecule has 3 aromatic carbocycles. The summed E-state index contributed by atoms with van der Waals surface area (Å²) in [7, 11) is 0. The third-order valence-electron chi connectivity index (χ3n) is 6.43. The zero-order valence-electron chi connectivity index (χ0n) is 19.2. The van der Waals surface area contributed by atoms with Crippen LogP contribution in [0.4, 0.5) is 5.69 Å². The number of fused-ring (bicyclic) bond motifs is 1. The Labute approximate surface area is 191 Å². The van der Waals surface area contributed by atoms with Gasteiger partial charge in [0.2, 0.25) is 0 Å². The molecule has 0 saturated heterocycles. The van der Waals surface area contributed by atoms with Gasteiger partial charge in [0.25, 0.3) is 5.91 Å². The lowest BCUT2D eigenvalue weighted by atomic mass is 9.89. The molecule has 0 bridgehead atoms. The van der Waals surface area contributed by atoms with Crippen molar-refractivity contribution in [2.75, 3.05) is 11.9 Å². The highest BCUT2D eigenvalue weighted by molar-refractivity contribution is 6.02. The lowest BCUT2D eigenvalue weighted by Gasteiger charge is -2.48. The summed E-state index contributed by atoms with van der Waals surface area (Å²) in [5, 5.41) is 3.73. The molecule has 0 saturated carbocycles. The van der Waals surface area contributed by atoms with Crippen molar-refractivity contribution >= 4 is 11.6 Å². The molecule has 0 spiro atoms. The van der Waals surface area contributed by atoms with E-state index in [-0.39, 0.29) is 12.0 Å². The predicted molar refractivity (Wildman–Crippen MR) is 130 cm³/mol. The first-order chi connectivity index (χ1) is 15.6. The van der Waals surface area contributed by atoms with Crippen LogP contribution < -0.4 is 10.1 Å². The van der Waals surface area contributed by atoms with Crippen molar-refractivity contribution < 1.29 is 9.53 Å². The summed E-state index contributed by atoms with van der Waals surface area (Å²) in [5.74, 6) is 0.921. The first-order valence-electron chi connectivity index (χ1n) is 11.6. The van der Waals surface area contributed by atoms with Gasteiger partial charge in [-0.15, -0.1) is 0 Å². The smallest absolute Gasteiger partial charge is 0.258 e. The Morgan fingerprint density at radius 1 is 0.938 bits per heavy atom. The molecule has 0 fully saturated rings. The number of carbonyl (C=O) groups excluding carboxylic acids is 1. The van der Waals surface area contributed by atoms with Crippen LogP contribution in [0.5, 0.6) is 5.75 Å². The summed E-state index contributed by atoms with van der Waals surface area (Å²) in [6.07, 6.45) is 2.67. The van der Waals surface area contributed by atoms with E-state index >= 15 is 0 Å². The number of nitrogens with one attached hydrogen (secondary N) is 1. The maximum atomic E-state index is 13.7. The molecule has 1 amide bonds. The zero-order valence-corrected chi connectivity index (χ0v) is 19.2. The molecule has 4 heteroatoms. The molecule has 1 aliphatic heterocycles. The summed E-state index contributed by atoms with van der Waals surface area (Å²) in [6, 6.07) is 26.3. The van der Waals surface area contributed by atoms with Crippen molar-refractivity contribution in [1.29, 1.82) is 0 Å².